The number of aromatic nitrogens is 2. The molecule has 100 valence electrons. The van der Waals surface area contributed by atoms with E-state index in [1.165, 1.54) is 43.2 Å². The predicted molar refractivity (Wildman–Crippen MR) is 79.5 cm³/mol. The number of hydrogen-bond donors (Lipinski definition) is 1. The number of anilines is 1. The molecular weight excluding hydrogens is 234 g/mol. The Hall–Kier alpha value is -1.64. The van der Waals surface area contributed by atoms with Crippen molar-refractivity contribution in [3.8, 4) is 0 Å². The van der Waals surface area contributed by atoms with E-state index in [2.05, 4.69) is 36.3 Å². The Balaban J connectivity index is 1.88. The summed E-state index contributed by atoms with van der Waals surface area (Å²) in [5.41, 5.74) is 4.46. The molecule has 1 saturated carbocycles. The van der Waals surface area contributed by atoms with Gasteiger partial charge < -0.3 is 5.32 Å². The highest BCUT2D eigenvalue weighted by Gasteiger charge is 2.14. The van der Waals surface area contributed by atoms with Crippen LogP contribution in [0.15, 0.2) is 18.3 Å². The third-order valence-corrected chi connectivity index (χ3v) is 3.94. The van der Waals surface area contributed by atoms with Crippen LogP contribution < -0.4 is 5.32 Å². The highest BCUT2D eigenvalue weighted by Crippen LogP contribution is 2.22. The number of nitrogens with one attached hydrogen (secondary N) is 1. The first kappa shape index (κ1) is 12.4. The lowest BCUT2D eigenvalue weighted by molar-refractivity contribution is 0.462. The minimum absolute atomic E-state index is 0.575. The second-order valence-corrected chi connectivity index (χ2v) is 5.68. The van der Waals surface area contributed by atoms with Gasteiger partial charge in [0.25, 0.3) is 0 Å². The standard InChI is InChI=1S/C16H21N3/c1-11-8-12(2)16-14(9-11)17-10-15(19-16)18-13-6-4-3-5-7-13/h8-10,13H,3-7H2,1-2H3,(H,18,19). The molecule has 0 aliphatic heterocycles. The summed E-state index contributed by atoms with van der Waals surface area (Å²) in [5.74, 6) is 0.923. The first-order valence-electron chi connectivity index (χ1n) is 7.23. The molecule has 1 heterocycles. The van der Waals surface area contributed by atoms with Crippen molar-refractivity contribution in [2.45, 2.75) is 52.0 Å². The van der Waals surface area contributed by atoms with E-state index in [0.717, 1.165) is 16.9 Å². The molecular formula is C16H21N3. The van der Waals surface area contributed by atoms with Gasteiger partial charge in [-0.05, 0) is 43.9 Å². The Morgan fingerprint density at radius 1 is 1.11 bits per heavy atom. The van der Waals surface area contributed by atoms with Gasteiger partial charge in [-0.3, -0.25) is 4.98 Å². The van der Waals surface area contributed by atoms with Crippen molar-refractivity contribution in [3.63, 3.8) is 0 Å². The molecule has 1 N–H and O–H groups in total. The molecule has 1 aliphatic carbocycles. The Morgan fingerprint density at radius 2 is 1.89 bits per heavy atom. The second kappa shape index (κ2) is 5.16. The molecule has 0 atom stereocenters. The highest BCUT2D eigenvalue weighted by molar-refractivity contribution is 5.79. The number of aryl methyl sites for hydroxylation is 2. The lowest BCUT2D eigenvalue weighted by Crippen LogP contribution is -2.22. The van der Waals surface area contributed by atoms with Crippen LogP contribution in [0.1, 0.15) is 43.2 Å². The summed E-state index contributed by atoms with van der Waals surface area (Å²) in [4.78, 5) is 9.28. The Labute approximate surface area is 114 Å². The third kappa shape index (κ3) is 2.70. The fourth-order valence-corrected chi connectivity index (χ4v) is 2.99. The molecule has 1 aliphatic rings. The van der Waals surface area contributed by atoms with Crippen LogP contribution in [0.5, 0.6) is 0 Å². The van der Waals surface area contributed by atoms with Crippen molar-refractivity contribution in [2.24, 2.45) is 0 Å². The van der Waals surface area contributed by atoms with Gasteiger partial charge in [-0.2, -0.15) is 0 Å². The second-order valence-electron chi connectivity index (χ2n) is 5.68. The Morgan fingerprint density at radius 3 is 2.68 bits per heavy atom. The van der Waals surface area contributed by atoms with Crippen LogP contribution in [0, 0.1) is 13.8 Å². The van der Waals surface area contributed by atoms with Crippen LogP contribution in [0.4, 0.5) is 5.82 Å². The maximum atomic E-state index is 4.74. The monoisotopic (exact) mass is 255 g/mol. The maximum Gasteiger partial charge on any atom is 0.145 e. The first-order chi connectivity index (χ1) is 9.22. The first-order valence-corrected chi connectivity index (χ1v) is 7.23. The van der Waals surface area contributed by atoms with Crippen LogP contribution in [0.2, 0.25) is 0 Å². The summed E-state index contributed by atoms with van der Waals surface area (Å²) >= 11 is 0. The molecule has 2 aromatic rings. The molecule has 1 aromatic heterocycles. The van der Waals surface area contributed by atoms with Crippen molar-refractivity contribution in [2.75, 3.05) is 5.32 Å². The topological polar surface area (TPSA) is 37.8 Å². The van der Waals surface area contributed by atoms with E-state index < -0.39 is 0 Å². The predicted octanol–water partition coefficient (Wildman–Crippen LogP) is 3.99. The van der Waals surface area contributed by atoms with Gasteiger partial charge >= 0.3 is 0 Å². The molecule has 0 amide bonds. The number of benzene rings is 1. The Bertz CT molecular complexity index is 586. The summed E-state index contributed by atoms with van der Waals surface area (Å²) in [6.45, 7) is 4.21. The zero-order chi connectivity index (χ0) is 13.2. The molecule has 0 radical (unpaired) electrons. The number of nitrogens with zero attached hydrogens (tertiary/aromatic N) is 2. The minimum atomic E-state index is 0.575. The SMILES string of the molecule is Cc1cc(C)c2nc(NC3CCCCC3)cnc2c1. The van der Waals surface area contributed by atoms with Crippen LogP contribution in [-0.2, 0) is 0 Å². The molecule has 0 saturated heterocycles. The fourth-order valence-electron chi connectivity index (χ4n) is 2.99. The van der Waals surface area contributed by atoms with Gasteiger partial charge in [0, 0.05) is 6.04 Å². The van der Waals surface area contributed by atoms with Crippen molar-refractivity contribution >= 4 is 16.9 Å². The average Bonchev–Trinajstić information content (AvgIpc) is 2.40. The number of fused-ring (bicyclic) bond motifs is 1. The lowest BCUT2D eigenvalue weighted by atomic mass is 9.95. The van der Waals surface area contributed by atoms with Crippen LogP contribution in [0.3, 0.4) is 0 Å². The van der Waals surface area contributed by atoms with E-state index in [-0.39, 0.29) is 0 Å². The third-order valence-electron chi connectivity index (χ3n) is 3.94. The van der Waals surface area contributed by atoms with Gasteiger partial charge in [-0.25, -0.2) is 4.98 Å². The highest BCUT2D eigenvalue weighted by atomic mass is 15.0. The van der Waals surface area contributed by atoms with Gasteiger partial charge in [0.1, 0.15) is 5.82 Å². The quantitative estimate of drug-likeness (QED) is 0.881. The maximum absolute atomic E-state index is 4.74. The van der Waals surface area contributed by atoms with Gasteiger partial charge in [0.15, 0.2) is 0 Å². The van der Waals surface area contributed by atoms with Gasteiger partial charge in [-0.15, -0.1) is 0 Å². The van der Waals surface area contributed by atoms with Crippen LogP contribution in [0.25, 0.3) is 11.0 Å². The summed E-state index contributed by atoms with van der Waals surface area (Å²) in [7, 11) is 0. The normalized spacial score (nSPS) is 16.7. The molecule has 0 unspecified atom stereocenters. The summed E-state index contributed by atoms with van der Waals surface area (Å²) in [5, 5.41) is 3.54. The van der Waals surface area contributed by atoms with Gasteiger partial charge in [0.05, 0.1) is 17.2 Å². The molecule has 3 rings (SSSR count). The summed E-state index contributed by atoms with van der Waals surface area (Å²) in [6.07, 6.45) is 8.42. The summed E-state index contributed by atoms with van der Waals surface area (Å²) < 4.78 is 0. The molecule has 3 nitrogen and oxygen atoms in total. The van der Waals surface area contributed by atoms with E-state index in [9.17, 15) is 0 Å². The van der Waals surface area contributed by atoms with E-state index in [4.69, 9.17) is 4.98 Å². The van der Waals surface area contributed by atoms with Crippen LogP contribution in [-0.4, -0.2) is 16.0 Å². The Kier molecular flexibility index (Phi) is 3.36. The van der Waals surface area contributed by atoms with Crippen molar-refractivity contribution in [1.82, 2.24) is 9.97 Å². The average molecular weight is 255 g/mol. The van der Waals surface area contributed by atoms with E-state index in [1.807, 2.05) is 6.20 Å². The molecule has 1 aromatic carbocycles. The zero-order valence-electron chi connectivity index (χ0n) is 11.7. The van der Waals surface area contributed by atoms with Crippen molar-refractivity contribution in [3.05, 3.63) is 29.5 Å². The molecule has 3 heteroatoms. The van der Waals surface area contributed by atoms with Crippen molar-refractivity contribution < 1.29 is 0 Å². The lowest BCUT2D eigenvalue weighted by Gasteiger charge is -2.23. The van der Waals surface area contributed by atoms with Crippen LogP contribution >= 0.6 is 0 Å². The summed E-state index contributed by atoms with van der Waals surface area (Å²) in [6, 6.07) is 4.84. The number of rotatable bonds is 2. The molecule has 1 fully saturated rings. The van der Waals surface area contributed by atoms with Crippen molar-refractivity contribution in [1.29, 1.82) is 0 Å². The fraction of sp³-hybridized carbons (Fsp3) is 0.500. The van der Waals surface area contributed by atoms with E-state index in [0.29, 0.717) is 6.04 Å². The largest absolute Gasteiger partial charge is 0.366 e. The number of hydrogen-bond acceptors (Lipinski definition) is 3. The molecule has 0 bridgehead atoms. The van der Waals surface area contributed by atoms with E-state index in [1.54, 1.807) is 0 Å². The van der Waals surface area contributed by atoms with E-state index >= 15 is 0 Å². The minimum Gasteiger partial charge on any atom is -0.366 e. The molecule has 0 spiro atoms. The smallest absolute Gasteiger partial charge is 0.145 e. The van der Waals surface area contributed by atoms with Gasteiger partial charge in [0.2, 0.25) is 0 Å². The molecule has 19 heavy (non-hydrogen) atoms. The van der Waals surface area contributed by atoms with Gasteiger partial charge in [-0.1, -0.05) is 25.3 Å². The zero-order valence-corrected chi connectivity index (χ0v) is 11.7.